The SMILES string of the molecule is Cc1ccc(C)c(Cn2cc(CBr)nn2)c1. The van der Waals surface area contributed by atoms with Gasteiger partial charge in [0.05, 0.1) is 12.2 Å². The summed E-state index contributed by atoms with van der Waals surface area (Å²) >= 11 is 3.37. The first-order valence-corrected chi connectivity index (χ1v) is 6.32. The molecule has 0 bridgehead atoms. The van der Waals surface area contributed by atoms with Gasteiger partial charge in [-0.05, 0) is 25.0 Å². The summed E-state index contributed by atoms with van der Waals surface area (Å²) in [5.41, 5.74) is 4.83. The molecule has 2 rings (SSSR count). The number of aryl methyl sites for hydroxylation is 2. The molecule has 0 spiro atoms. The highest BCUT2D eigenvalue weighted by Gasteiger charge is 2.03. The molecule has 0 fully saturated rings. The van der Waals surface area contributed by atoms with Crippen LogP contribution in [-0.4, -0.2) is 15.0 Å². The topological polar surface area (TPSA) is 30.7 Å². The van der Waals surface area contributed by atoms with Crippen LogP contribution in [0.1, 0.15) is 22.4 Å². The first kappa shape index (κ1) is 11.3. The van der Waals surface area contributed by atoms with E-state index in [2.05, 4.69) is 58.3 Å². The summed E-state index contributed by atoms with van der Waals surface area (Å²) < 4.78 is 1.87. The van der Waals surface area contributed by atoms with Crippen molar-refractivity contribution in [3.05, 3.63) is 46.8 Å². The fraction of sp³-hybridized carbons (Fsp3) is 0.333. The molecule has 1 aromatic carbocycles. The Morgan fingerprint density at radius 3 is 2.81 bits per heavy atom. The zero-order valence-corrected chi connectivity index (χ0v) is 11.0. The molecule has 16 heavy (non-hydrogen) atoms. The molecule has 0 aliphatic heterocycles. The molecule has 2 aromatic rings. The average Bonchev–Trinajstić information content (AvgIpc) is 2.71. The van der Waals surface area contributed by atoms with Crippen molar-refractivity contribution in [1.29, 1.82) is 0 Å². The van der Waals surface area contributed by atoms with Crippen LogP contribution in [0.2, 0.25) is 0 Å². The predicted molar refractivity (Wildman–Crippen MR) is 67.7 cm³/mol. The van der Waals surface area contributed by atoms with E-state index >= 15 is 0 Å². The lowest BCUT2D eigenvalue weighted by Gasteiger charge is -2.06. The van der Waals surface area contributed by atoms with E-state index in [1.54, 1.807) is 0 Å². The summed E-state index contributed by atoms with van der Waals surface area (Å²) in [6.07, 6.45) is 1.97. The van der Waals surface area contributed by atoms with E-state index in [0.717, 1.165) is 17.6 Å². The van der Waals surface area contributed by atoms with Gasteiger partial charge in [0.2, 0.25) is 0 Å². The zero-order chi connectivity index (χ0) is 11.5. The summed E-state index contributed by atoms with van der Waals surface area (Å²) in [5.74, 6) is 0. The minimum atomic E-state index is 0.750. The Morgan fingerprint density at radius 1 is 1.31 bits per heavy atom. The van der Waals surface area contributed by atoms with Crippen LogP contribution in [0.3, 0.4) is 0 Å². The normalized spacial score (nSPS) is 10.7. The van der Waals surface area contributed by atoms with Crippen LogP contribution < -0.4 is 0 Å². The van der Waals surface area contributed by atoms with E-state index in [4.69, 9.17) is 0 Å². The quantitative estimate of drug-likeness (QED) is 0.809. The van der Waals surface area contributed by atoms with Crippen molar-refractivity contribution in [3.63, 3.8) is 0 Å². The van der Waals surface area contributed by atoms with Crippen LogP contribution in [-0.2, 0) is 11.9 Å². The third-order valence-corrected chi connectivity index (χ3v) is 3.13. The Labute approximate surface area is 104 Å². The first-order valence-electron chi connectivity index (χ1n) is 5.20. The van der Waals surface area contributed by atoms with E-state index in [1.807, 2.05) is 10.9 Å². The number of aromatic nitrogens is 3. The number of nitrogens with zero attached hydrogens (tertiary/aromatic N) is 3. The number of alkyl halides is 1. The van der Waals surface area contributed by atoms with Crippen LogP contribution in [0.4, 0.5) is 0 Å². The van der Waals surface area contributed by atoms with Gasteiger partial charge in [0.1, 0.15) is 0 Å². The molecule has 0 N–H and O–H groups in total. The van der Waals surface area contributed by atoms with Gasteiger partial charge in [-0.25, -0.2) is 4.68 Å². The molecular weight excluding hydrogens is 266 g/mol. The second-order valence-corrected chi connectivity index (χ2v) is 4.53. The summed E-state index contributed by atoms with van der Waals surface area (Å²) in [6, 6.07) is 6.47. The number of rotatable bonds is 3. The number of benzene rings is 1. The van der Waals surface area contributed by atoms with Crippen molar-refractivity contribution in [2.75, 3.05) is 0 Å². The van der Waals surface area contributed by atoms with Gasteiger partial charge >= 0.3 is 0 Å². The van der Waals surface area contributed by atoms with E-state index in [1.165, 1.54) is 16.7 Å². The molecule has 0 atom stereocenters. The van der Waals surface area contributed by atoms with E-state index in [-0.39, 0.29) is 0 Å². The third kappa shape index (κ3) is 2.50. The van der Waals surface area contributed by atoms with Gasteiger partial charge in [-0.3, -0.25) is 0 Å². The van der Waals surface area contributed by atoms with Crippen molar-refractivity contribution in [3.8, 4) is 0 Å². The lowest BCUT2D eigenvalue weighted by atomic mass is 10.1. The Hall–Kier alpha value is -1.16. The summed E-state index contributed by atoms with van der Waals surface area (Å²) in [5, 5.41) is 8.89. The average molecular weight is 280 g/mol. The van der Waals surface area contributed by atoms with Crippen molar-refractivity contribution >= 4 is 15.9 Å². The van der Waals surface area contributed by atoms with Gasteiger partial charge in [0.25, 0.3) is 0 Å². The van der Waals surface area contributed by atoms with E-state index in [0.29, 0.717) is 0 Å². The van der Waals surface area contributed by atoms with Gasteiger partial charge in [-0.15, -0.1) is 5.10 Å². The highest BCUT2D eigenvalue weighted by Crippen LogP contribution is 2.12. The molecule has 0 aliphatic carbocycles. The van der Waals surface area contributed by atoms with Crippen LogP contribution in [0.25, 0.3) is 0 Å². The van der Waals surface area contributed by atoms with E-state index in [9.17, 15) is 0 Å². The minimum Gasteiger partial charge on any atom is -0.248 e. The molecule has 0 saturated carbocycles. The standard InChI is InChI=1S/C12H14BrN3/c1-9-3-4-10(2)11(5-9)7-16-8-12(6-13)14-15-16/h3-5,8H,6-7H2,1-2H3. The highest BCUT2D eigenvalue weighted by atomic mass is 79.9. The fourth-order valence-electron chi connectivity index (χ4n) is 1.62. The Kier molecular flexibility index (Phi) is 3.39. The van der Waals surface area contributed by atoms with Crippen molar-refractivity contribution in [2.45, 2.75) is 25.7 Å². The Bertz CT molecular complexity index is 491. The lowest BCUT2D eigenvalue weighted by molar-refractivity contribution is 0.647. The van der Waals surface area contributed by atoms with Crippen molar-refractivity contribution < 1.29 is 0 Å². The van der Waals surface area contributed by atoms with Crippen LogP contribution >= 0.6 is 15.9 Å². The summed E-state index contributed by atoms with van der Waals surface area (Å²) in [7, 11) is 0. The van der Waals surface area contributed by atoms with Gasteiger partial charge in [0.15, 0.2) is 0 Å². The van der Waals surface area contributed by atoms with Crippen LogP contribution in [0, 0.1) is 13.8 Å². The summed E-state index contributed by atoms with van der Waals surface area (Å²) in [4.78, 5) is 0. The lowest BCUT2D eigenvalue weighted by Crippen LogP contribution is -2.02. The predicted octanol–water partition coefficient (Wildman–Crippen LogP) is 2.84. The van der Waals surface area contributed by atoms with Gasteiger partial charge < -0.3 is 0 Å². The van der Waals surface area contributed by atoms with Crippen molar-refractivity contribution in [2.24, 2.45) is 0 Å². The van der Waals surface area contributed by atoms with Crippen LogP contribution in [0.15, 0.2) is 24.4 Å². The second-order valence-electron chi connectivity index (χ2n) is 3.97. The number of hydrogen-bond donors (Lipinski definition) is 0. The van der Waals surface area contributed by atoms with Gasteiger partial charge in [-0.2, -0.15) is 0 Å². The highest BCUT2D eigenvalue weighted by molar-refractivity contribution is 9.08. The third-order valence-electron chi connectivity index (χ3n) is 2.56. The van der Waals surface area contributed by atoms with Crippen molar-refractivity contribution in [1.82, 2.24) is 15.0 Å². The number of halogens is 1. The molecule has 0 amide bonds. The molecule has 3 nitrogen and oxygen atoms in total. The number of hydrogen-bond acceptors (Lipinski definition) is 2. The zero-order valence-electron chi connectivity index (χ0n) is 9.44. The maximum absolute atomic E-state index is 4.09. The molecular formula is C12H14BrN3. The fourth-order valence-corrected chi connectivity index (χ4v) is 1.88. The molecule has 1 heterocycles. The Morgan fingerprint density at radius 2 is 2.12 bits per heavy atom. The van der Waals surface area contributed by atoms with E-state index < -0.39 is 0 Å². The Balaban J connectivity index is 2.22. The monoisotopic (exact) mass is 279 g/mol. The molecule has 0 saturated heterocycles. The van der Waals surface area contributed by atoms with Gasteiger partial charge in [-0.1, -0.05) is 44.9 Å². The molecule has 1 aromatic heterocycles. The second kappa shape index (κ2) is 4.78. The van der Waals surface area contributed by atoms with Crippen LogP contribution in [0.5, 0.6) is 0 Å². The molecule has 0 radical (unpaired) electrons. The maximum Gasteiger partial charge on any atom is 0.0932 e. The molecule has 84 valence electrons. The molecule has 0 unspecified atom stereocenters. The molecule has 4 heteroatoms. The minimum absolute atomic E-state index is 0.750. The summed E-state index contributed by atoms with van der Waals surface area (Å²) in [6.45, 7) is 5.01. The smallest absolute Gasteiger partial charge is 0.0932 e. The largest absolute Gasteiger partial charge is 0.248 e. The molecule has 0 aliphatic rings. The maximum atomic E-state index is 4.09. The van der Waals surface area contributed by atoms with Gasteiger partial charge in [0, 0.05) is 11.5 Å². The first-order chi connectivity index (χ1) is 7.69.